The lowest BCUT2D eigenvalue weighted by Crippen LogP contribution is -2.47. The number of hydrogen-bond acceptors (Lipinski definition) is 4. The number of aliphatic hydroxyl groups is 1. The number of alkyl carbamates (subject to hydrolysis) is 1. The van der Waals surface area contributed by atoms with Gasteiger partial charge < -0.3 is 25.8 Å². The normalized spacial score (nSPS) is 19.9. The van der Waals surface area contributed by atoms with Gasteiger partial charge in [-0.05, 0) is 57.6 Å². The average Bonchev–Trinajstić information content (AvgIpc) is 2.60. The quantitative estimate of drug-likeness (QED) is 0.634. The molecule has 7 nitrogen and oxygen atoms in total. The molecule has 0 aliphatic heterocycles. The van der Waals surface area contributed by atoms with Gasteiger partial charge in [-0.1, -0.05) is 24.3 Å². The molecule has 0 atom stereocenters. The SMILES string of the molecule is CC(C)(C)OC(=O)NC1CCC(NC(=O)NCc2ccc(CO)cc2)CC1. The summed E-state index contributed by atoms with van der Waals surface area (Å²) in [5.41, 5.74) is 1.33. The second-order valence-electron chi connectivity index (χ2n) is 8.00. The van der Waals surface area contributed by atoms with Gasteiger partial charge in [0, 0.05) is 18.6 Å². The van der Waals surface area contributed by atoms with E-state index in [1.54, 1.807) is 0 Å². The number of urea groups is 1. The van der Waals surface area contributed by atoms with Crippen LogP contribution in [0.2, 0.25) is 0 Å². The van der Waals surface area contributed by atoms with E-state index in [0.717, 1.165) is 36.8 Å². The highest BCUT2D eigenvalue weighted by Gasteiger charge is 2.25. The summed E-state index contributed by atoms with van der Waals surface area (Å²) in [6.45, 7) is 5.97. The van der Waals surface area contributed by atoms with Crippen LogP contribution in [-0.4, -0.2) is 34.9 Å². The largest absolute Gasteiger partial charge is 0.444 e. The Labute approximate surface area is 160 Å². The van der Waals surface area contributed by atoms with Gasteiger partial charge in [0.1, 0.15) is 5.60 Å². The van der Waals surface area contributed by atoms with Crippen molar-refractivity contribution in [3.05, 3.63) is 35.4 Å². The predicted octanol–water partition coefficient (Wildman–Crippen LogP) is 2.81. The number of ether oxygens (including phenoxy) is 1. The van der Waals surface area contributed by atoms with E-state index < -0.39 is 5.60 Å². The second kappa shape index (κ2) is 9.60. The molecule has 0 radical (unpaired) electrons. The topological polar surface area (TPSA) is 99.7 Å². The molecule has 1 aliphatic carbocycles. The predicted molar refractivity (Wildman–Crippen MR) is 103 cm³/mol. The number of carbonyl (C=O) groups excluding carboxylic acids is 2. The van der Waals surface area contributed by atoms with Crippen LogP contribution in [0.5, 0.6) is 0 Å². The van der Waals surface area contributed by atoms with Crippen LogP contribution in [0, 0.1) is 0 Å². The molecule has 2 rings (SSSR count). The maximum absolute atomic E-state index is 12.1. The molecule has 27 heavy (non-hydrogen) atoms. The van der Waals surface area contributed by atoms with Gasteiger partial charge in [0.25, 0.3) is 0 Å². The summed E-state index contributed by atoms with van der Waals surface area (Å²) in [6, 6.07) is 7.47. The van der Waals surface area contributed by atoms with E-state index in [1.165, 1.54) is 0 Å². The van der Waals surface area contributed by atoms with Crippen molar-refractivity contribution in [2.75, 3.05) is 0 Å². The summed E-state index contributed by atoms with van der Waals surface area (Å²) < 4.78 is 5.28. The third kappa shape index (κ3) is 7.86. The first-order chi connectivity index (χ1) is 12.7. The van der Waals surface area contributed by atoms with Crippen LogP contribution in [-0.2, 0) is 17.9 Å². The average molecular weight is 377 g/mol. The Morgan fingerprint density at radius 2 is 1.52 bits per heavy atom. The summed E-state index contributed by atoms with van der Waals surface area (Å²) in [5, 5.41) is 17.8. The fourth-order valence-electron chi connectivity index (χ4n) is 3.04. The molecule has 1 saturated carbocycles. The summed E-state index contributed by atoms with van der Waals surface area (Å²) in [6.07, 6.45) is 2.88. The number of carbonyl (C=O) groups is 2. The lowest BCUT2D eigenvalue weighted by molar-refractivity contribution is 0.0490. The zero-order valence-electron chi connectivity index (χ0n) is 16.4. The summed E-state index contributed by atoms with van der Waals surface area (Å²) in [7, 11) is 0. The number of amides is 3. The molecule has 0 unspecified atom stereocenters. The third-order valence-corrected chi connectivity index (χ3v) is 4.44. The zero-order valence-corrected chi connectivity index (χ0v) is 16.4. The molecule has 1 aliphatic rings. The van der Waals surface area contributed by atoms with E-state index >= 15 is 0 Å². The van der Waals surface area contributed by atoms with Gasteiger partial charge >= 0.3 is 12.1 Å². The zero-order chi connectivity index (χ0) is 19.9. The molecule has 3 amide bonds. The van der Waals surface area contributed by atoms with Gasteiger partial charge in [-0.25, -0.2) is 9.59 Å². The van der Waals surface area contributed by atoms with E-state index in [4.69, 9.17) is 9.84 Å². The third-order valence-electron chi connectivity index (χ3n) is 4.44. The Kier molecular flexibility index (Phi) is 7.47. The molecule has 0 saturated heterocycles. The first-order valence-electron chi connectivity index (χ1n) is 9.48. The minimum Gasteiger partial charge on any atom is -0.444 e. The van der Waals surface area contributed by atoms with E-state index in [-0.39, 0.29) is 30.8 Å². The van der Waals surface area contributed by atoms with Gasteiger partial charge in [0.2, 0.25) is 0 Å². The highest BCUT2D eigenvalue weighted by molar-refractivity contribution is 5.74. The van der Waals surface area contributed by atoms with E-state index in [2.05, 4.69) is 16.0 Å². The lowest BCUT2D eigenvalue weighted by atomic mass is 9.91. The van der Waals surface area contributed by atoms with Crippen LogP contribution in [0.25, 0.3) is 0 Å². The molecule has 1 aromatic carbocycles. The molecule has 0 spiro atoms. The van der Waals surface area contributed by atoms with Crippen molar-refractivity contribution < 1.29 is 19.4 Å². The summed E-state index contributed by atoms with van der Waals surface area (Å²) in [4.78, 5) is 23.9. The maximum atomic E-state index is 12.1. The molecule has 4 N–H and O–H groups in total. The van der Waals surface area contributed by atoms with Crippen molar-refractivity contribution in [1.82, 2.24) is 16.0 Å². The van der Waals surface area contributed by atoms with Gasteiger partial charge in [0.15, 0.2) is 0 Å². The number of benzene rings is 1. The molecule has 1 fully saturated rings. The summed E-state index contributed by atoms with van der Waals surface area (Å²) >= 11 is 0. The van der Waals surface area contributed by atoms with Gasteiger partial charge in [-0.15, -0.1) is 0 Å². The minimum absolute atomic E-state index is 0.0135. The van der Waals surface area contributed by atoms with Gasteiger partial charge in [-0.3, -0.25) is 0 Å². The van der Waals surface area contributed by atoms with Crippen molar-refractivity contribution >= 4 is 12.1 Å². The maximum Gasteiger partial charge on any atom is 0.407 e. The van der Waals surface area contributed by atoms with Crippen molar-refractivity contribution in [2.24, 2.45) is 0 Å². The molecule has 0 aromatic heterocycles. The second-order valence-corrected chi connectivity index (χ2v) is 8.00. The van der Waals surface area contributed by atoms with Crippen LogP contribution < -0.4 is 16.0 Å². The Morgan fingerprint density at radius 1 is 1.00 bits per heavy atom. The first kappa shape index (κ1) is 21.0. The van der Waals surface area contributed by atoms with Crippen molar-refractivity contribution in [1.29, 1.82) is 0 Å². The molecule has 0 heterocycles. The molecule has 0 bridgehead atoms. The number of hydrogen-bond donors (Lipinski definition) is 4. The fourth-order valence-corrected chi connectivity index (χ4v) is 3.04. The standard InChI is InChI=1S/C20H31N3O4/c1-20(2,3)27-19(26)23-17-10-8-16(9-11-17)22-18(25)21-12-14-4-6-15(13-24)7-5-14/h4-7,16-17,24H,8-13H2,1-3H3,(H,23,26)(H2,21,22,25). The van der Waals surface area contributed by atoms with Crippen molar-refractivity contribution in [3.63, 3.8) is 0 Å². The molecule has 1 aromatic rings. The Bertz CT molecular complexity index is 617. The fraction of sp³-hybridized carbons (Fsp3) is 0.600. The van der Waals surface area contributed by atoms with Crippen LogP contribution in [0.4, 0.5) is 9.59 Å². The Hall–Kier alpha value is -2.28. The van der Waals surface area contributed by atoms with E-state index in [9.17, 15) is 9.59 Å². The van der Waals surface area contributed by atoms with E-state index in [0.29, 0.717) is 6.54 Å². The van der Waals surface area contributed by atoms with Gasteiger partial charge in [0.05, 0.1) is 6.61 Å². The van der Waals surface area contributed by atoms with Crippen LogP contribution in [0.3, 0.4) is 0 Å². The Balaban J connectivity index is 1.65. The molecule has 150 valence electrons. The monoisotopic (exact) mass is 377 g/mol. The molecular formula is C20H31N3O4. The highest BCUT2D eigenvalue weighted by atomic mass is 16.6. The highest BCUT2D eigenvalue weighted by Crippen LogP contribution is 2.19. The number of rotatable bonds is 5. The van der Waals surface area contributed by atoms with Crippen LogP contribution in [0.1, 0.15) is 57.6 Å². The molecule has 7 heteroatoms. The van der Waals surface area contributed by atoms with Crippen molar-refractivity contribution in [2.45, 2.75) is 77.3 Å². The smallest absolute Gasteiger partial charge is 0.407 e. The van der Waals surface area contributed by atoms with Crippen molar-refractivity contribution in [3.8, 4) is 0 Å². The molecular weight excluding hydrogens is 346 g/mol. The first-order valence-corrected chi connectivity index (χ1v) is 9.48. The number of aliphatic hydroxyl groups excluding tert-OH is 1. The Morgan fingerprint density at radius 3 is 2.04 bits per heavy atom. The van der Waals surface area contributed by atoms with E-state index in [1.807, 2.05) is 45.0 Å². The van der Waals surface area contributed by atoms with Crippen LogP contribution >= 0.6 is 0 Å². The lowest BCUT2D eigenvalue weighted by Gasteiger charge is -2.30. The van der Waals surface area contributed by atoms with Crippen LogP contribution in [0.15, 0.2) is 24.3 Å². The summed E-state index contributed by atoms with van der Waals surface area (Å²) in [5.74, 6) is 0. The van der Waals surface area contributed by atoms with Gasteiger partial charge in [-0.2, -0.15) is 0 Å². The number of nitrogens with one attached hydrogen (secondary N) is 3. The minimum atomic E-state index is -0.501.